The van der Waals surface area contributed by atoms with Crippen molar-refractivity contribution in [3.63, 3.8) is 0 Å². The van der Waals surface area contributed by atoms with Crippen LogP contribution in [0.15, 0.2) is 48.5 Å². The van der Waals surface area contributed by atoms with Gasteiger partial charge in [-0.25, -0.2) is 0 Å². The lowest BCUT2D eigenvalue weighted by atomic mass is 10.1. The molecule has 0 aromatic heterocycles. The van der Waals surface area contributed by atoms with Crippen LogP contribution in [-0.4, -0.2) is 18.2 Å². The van der Waals surface area contributed by atoms with Crippen molar-refractivity contribution in [2.75, 3.05) is 17.2 Å². The van der Waals surface area contributed by atoms with Crippen molar-refractivity contribution in [1.29, 1.82) is 5.26 Å². The van der Waals surface area contributed by atoms with Crippen molar-refractivity contribution in [3.8, 4) is 6.07 Å². The number of para-hydroxylation sites is 1. The highest BCUT2D eigenvalue weighted by molar-refractivity contribution is 6.00. The van der Waals surface area contributed by atoms with Crippen molar-refractivity contribution in [2.45, 2.75) is 6.92 Å². The second kappa shape index (κ2) is 7.04. The molecule has 0 saturated carbocycles. The second-order valence-corrected chi connectivity index (χ2v) is 4.69. The van der Waals surface area contributed by atoms with E-state index < -0.39 is 0 Å². The minimum Gasteiger partial charge on any atom is -0.376 e. The summed E-state index contributed by atoms with van der Waals surface area (Å²) >= 11 is 0. The third kappa shape index (κ3) is 3.93. The maximum absolute atomic E-state index is 11.9. The average molecular weight is 293 g/mol. The molecule has 1 amide bonds. The van der Waals surface area contributed by atoms with Gasteiger partial charge in [-0.3, -0.25) is 9.59 Å². The van der Waals surface area contributed by atoms with Crippen LogP contribution < -0.4 is 10.6 Å². The molecule has 0 atom stereocenters. The third-order valence-electron chi connectivity index (χ3n) is 3.04. The van der Waals surface area contributed by atoms with Gasteiger partial charge in [0.2, 0.25) is 5.91 Å². The van der Waals surface area contributed by atoms with Gasteiger partial charge < -0.3 is 10.6 Å². The van der Waals surface area contributed by atoms with Crippen LogP contribution in [0.25, 0.3) is 0 Å². The zero-order valence-corrected chi connectivity index (χ0v) is 12.1. The number of amides is 1. The van der Waals surface area contributed by atoms with Crippen molar-refractivity contribution < 1.29 is 9.59 Å². The van der Waals surface area contributed by atoms with Gasteiger partial charge in [-0.1, -0.05) is 12.1 Å². The number of hydrogen-bond acceptors (Lipinski definition) is 4. The monoisotopic (exact) mass is 293 g/mol. The minimum atomic E-state index is -0.233. The van der Waals surface area contributed by atoms with Crippen LogP contribution in [0, 0.1) is 11.3 Å². The summed E-state index contributed by atoms with van der Waals surface area (Å²) in [5.74, 6) is -0.293. The molecule has 2 aromatic carbocycles. The Kier molecular flexibility index (Phi) is 4.89. The van der Waals surface area contributed by atoms with Gasteiger partial charge in [-0.2, -0.15) is 5.26 Å². The highest BCUT2D eigenvalue weighted by Crippen LogP contribution is 2.15. The number of anilines is 2. The predicted octanol–water partition coefficient (Wildman–Crippen LogP) is 2.81. The molecule has 0 unspecified atom stereocenters. The highest BCUT2D eigenvalue weighted by Gasteiger charge is 2.08. The Hall–Kier alpha value is -3.13. The third-order valence-corrected chi connectivity index (χ3v) is 3.04. The molecule has 0 fully saturated rings. The first-order chi connectivity index (χ1) is 10.6. The molecule has 0 heterocycles. The van der Waals surface area contributed by atoms with Crippen molar-refractivity contribution >= 4 is 23.1 Å². The minimum absolute atomic E-state index is 0.0459. The summed E-state index contributed by atoms with van der Waals surface area (Å²) in [6, 6.07) is 15.7. The first-order valence-electron chi connectivity index (χ1n) is 6.74. The van der Waals surface area contributed by atoms with Gasteiger partial charge in [0, 0.05) is 16.9 Å². The number of carbonyl (C=O) groups is 2. The molecule has 0 bridgehead atoms. The molecule has 0 radical (unpaired) electrons. The number of hydrogen-bond donors (Lipinski definition) is 2. The number of nitriles is 1. The van der Waals surface area contributed by atoms with Gasteiger partial charge >= 0.3 is 0 Å². The standard InChI is InChI=1S/C17H15N3O2/c1-12(21)15-4-2-3-5-16(15)19-11-17(22)20-14-8-6-13(10-18)7-9-14/h2-9,19H,11H2,1H3,(H,20,22). The molecule has 0 saturated heterocycles. The quantitative estimate of drug-likeness (QED) is 0.830. The van der Waals surface area contributed by atoms with Crippen LogP contribution in [-0.2, 0) is 4.79 Å². The lowest BCUT2D eigenvalue weighted by molar-refractivity contribution is -0.114. The van der Waals surface area contributed by atoms with Crippen molar-refractivity contribution in [3.05, 3.63) is 59.7 Å². The first-order valence-corrected chi connectivity index (χ1v) is 6.74. The number of rotatable bonds is 5. The van der Waals surface area contributed by atoms with E-state index in [-0.39, 0.29) is 18.2 Å². The van der Waals surface area contributed by atoms with Crippen LogP contribution >= 0.6 is 0 Å². The fourth-order valence-electron chi connectivity index (χ4n) is 1.95. The second-order valence-electron chi connectivity index (χ2n) is 4.69. The molecule has 5 heteroatoms. The largest absolute Gasteiger partial charge is 0.376 e. The molecule has 22 heavy (non-hydrogen) atoms. The molecule has 0 aliphatic heterocycles. The number of nitrogens with zero attached hydrogens (tertiary/aromatic N) is 1. The topological polar surface area (TPSA) is 82.0 Å². The van der Waals surface area contributed by atoms with Gasteiger partial charge in [0.1, 0.15) is 0 Å². The number of benzene rings is 2. The normalized spacial score (nSPS) is 9.64. The molecule has 0 aliphatic rings. The van der Waals surface area contributed by atoms with Crippen LogP contribution in [0.1, 0.15) is 22.8 Å². The summed E-state index contributed by atoms with van der Waals surface area (Å²) < 4.78 is 0. The van der Waals surface area contributed by atoms with Gasteiger partial charge in [0.25, 0.3) is 0 Å². The number of Topliss-reactive ketones (excluding diaryl/α,β-unsaturated/α-hetero) is 1. The summed E-state index contributed by atoms with van der Waals surface area (Å²) in [7, 11) is 0. The Bertz CT molecular complexity index is 730. The SMILES string of the molecule is CC(=O)c1ccccc1NCC(=O)Nc1ccc(C#N)cc1. The molecule has 5 nitrogen and oxygen atoms in total. The molecule has 2 rings (SSSR count). The molecule has 0 spiro atoms. The van der Waals surface area contributed by atoms with Gasteiger partial charge in [0.15, 0.2) is 5.78 Å². The van der Waals surface area contributed by atoms with E-state index in [1.165, 1.54) is 6.92 Å². The zero-order chi connectivity index (χ0) is 15.9. The summed E-state index contributed by atoms with van der Waals surface area (Å²) in [4.78, 5) is 23.4. The Balaban J connectivity index is 1.95. The lowest BCUT2D eigenvalue weighted by Gasteiger charge is -2.10. The van der Waals surface area contributed by atoms with Gasteiger partial charge in [-0.15, -0.1) is 0 Å². The summed E-state index contributed by atoms with van der Waals surface area (Å²) in [5, 5.41) is 14.4. The average Bonchev–Trinajstić information content (AvgIpc) is 2.54. The fourth-order valence-corrected chi connectivity index (χ4v) is 1.95. The van der Waals surface area contributed by atoms with Crippen LogP contribution in [0.3, 0.4) is 0 Å². The summed E-state index contributed by atoms with van der Waals surface area (Å²) in [5.41, 5.74) is 2.33. The predicted molar refractivity (Wildman–Crippen MR) is 84.7 cm³/mol. The number of carbonyl (C=O) groups excluding carboxylic acids is 2. The lowest BCUT2D eigenvalue weighted by Crippen LogP contribution is -2.22. The Morgan fingerprint density at radius 1 is 1.09 bits per heavy atom. The summed E-state index contributed by atoms with van der Waals surface area (Å²) in [6.07, 6.45) is 0. The number of nitrogens with one attached hydrogen (secondary N) is 2. The molecular weight excluding hydrogens is 278 g/mol. The van der Waals surface area contributed by atoms with E-state index in [1.54, 1.807) is 48.5 Å². The maximum Gasteiger partial charge on any atom is 0.243 e. The molecule has 2 aromatic rings. The van der Waals surface area contributed by atoms with Gasteiger partial charge in [0.05, 0.1) is 18.2 Å². The molecule has 110 valence electrons. The Morgan fingerprint density at radius 3 is 2.41 bits per heavy atom. The highest BCUT2D eigenvalue weighted by atomic mass is 16.2. The van der Waals surface area contributed by atoms with E-state index >= 15 is 0 Å². The van der Waals surface area contributed by atoms with Crippen molar-refractivity contribution in [2.24, 2.45) is 0 Å². The Morgan fingerprint density at radius 2 is 1.77 bits per heavy atom. The van der Waals surface area contributed by atoms with E-state index in [2.05, 4.69) is 10.6 Å². The smallest absolute Gasteiger partial charge is 0.243 e. The molecule has 2 N–H and O–H groups in total. The van der Waals surface area contributed by atoms with Crippen LogP contribution in [0.5, 0.6) is 0 Å². The van der Waals surface area contributed by atoms with E-state index in [1.807, 2.05) is 6.07 Å². The van der Waals surface area contributed by atoms with E-state index in [0.717, 1.165) is 0 Å². The van der Waals surface area contributed by atoms with Crippen LogP contribution in [0.2, 0.25) is 0 Å². The number of ketones is 1. The summed E-state index contributed by atoms with van der Waals surface area (Å²) in [6.45, 7) is 1.53. The molecule has 0 aliphatic carbocycles. The van der Waals surface area contributed by atoms with Crippen LogP contribution in [0.4, 0.5) is 11.4 Å². The first kappa shape index (κ1) is 15.3. The van der Waals surface area contributed by atoms with Gasteiger partial charge in [-0.05, 0) is 43.3 Å². The molecular formula is C17H15N3O2. The van der Waals surface area contributed by atoms with Crippen molar-refractivity contribution in [1.82, 2.24) is 0 Å². The maximum atomic E-state index is 11.9. The van der Waals surface area contributed by atoms with E-state index in [0.29, 0.717) is 22.5 Å². The van der Waals surface area contributed by atoms with E-state index in [9.17, 15) is 9.59 Å². The Labute approximate surface area is 128 Å². The van der Waals surface area contributed by atoms with E-state index in [4.69, 9.17) is 5.26 Å². The zero-order valence-electron chi connectivity index (χ0n) is 12.1. The fraction of sp³-hybridized carbons (Fsp3) is 0.118.